The van der Waals surface area contributed by atoms with Crippen LogP contribution in [0, 0.1) is 0 Å². The first kappa shape index (κ1) is 22.2. The Hall–Kier alpha value is -0.820. The highest BCUT2D eigenvalue weighted by molar-refractivity contribution is 5.85. The van der Waals surface area contributed by atoms with Crippen molar-refractivity contribution in [2.24, 2.45) is 0 Å². The molecule has 0 spiro atoms. The Morgan fingerprint density at radius 1 is 1.12 bits per heavy atom. The van der Waals surface area contributed by atoms with Gasteiger partial charge in [-0.1, -0.05) is 32.3 Å². The van der Waals surface area contributed by atoms with Gasteiger partial charge < -0.3 is 14.8 Å². The van der Waals surface area contributed by atoms with Crippen LogP contribution in [0.2, 0.25) is 0 Å². The first-order valence-electron chi connectivity index (χ1n) is 8.43. The van der Waals surface area contributed by atoms with E-state index in [1.807, 2.05) is 6.07 Å². The number of hydrogen-bond acceptors (Lipinski definition) is 4. The van der Waals surface area contributed by atoms with Gasteiger partial charge in [-0.3, -0.25) is 4.90 Å². The summed E-state index contributed by atoms with van der Waals surface area (Å²) in [6.07, 6.45) is 0.972. The number of nitrogens with zero attached hydrogens (tertiary/aromatic N) is 1. The number of unbranched alkanes of at least 4 members (excludes halogenated alkanes) is 2. The predicted octanol–water partition coefficient (Wildman–Crippen LogP) is 4.38. The Balaban J connectivity index is 0.00000156. The van der Waals surface area contributed by atoms with E-state index in [-0.39, 0.29) is 42.4 Å². The van der Waals surface area contributed by atoms with Crippen molar-refractivity contribution >= 4 is 24.8 Å². The minimum absolute atomic E-state index is 0. The molecule has 3 rings (SSSR count). The van der Waals surface area contributed by atoms with Gasteiger partial charge in [0.1, 0.15) is 0 Å². The Kier molecular flexibility index (Phi) is 8.68. The highest BCUT2D eigenvalue weighted by atomic mass is 35.5. The Morgan fingerprint density at radius 2 is 1.80 bits per heavy atom. The number of rotatable bonds is 6. The molecule has 0 saturated carbocycles. The third-order valence-corrected chi connectivity index (χ3v) is 4.48. The Bertz CT molecular complexity index is 543. The van der Waals surface area contributed by atoms with Crippen molar-refractivity contribution in [2.45, 2.75) is 44.9 Å². The number of halogens is 4. The van der Waals surface area contributed by atoms with Crippen LogP contribution in [0.3, 0.4) is 0 Å². The standard InChI is InChI=1S/C17H24F2N2O2.2ClH/c1-2-3-4-5-14(21-10-8-20-9-11-21)13-6-7-15-16(12-13)23-17(18,19)22-15;;/h6-7,12,14,20H,2-5,8-11H2,1H3;2*1H/t14-;;/m1../s1. The topological polar surface area (TPSA) is 33.7 Å². The van der Waals surface area contributed by atoms with Crippen molar-refractivity contribution in [2.75, 3.05) is 26.2 Å². The van der Waals surface area contributed by atoms with E-state index in [1.54, 1.807) is 12.1 Å². The Labute approximate surface area is 160 Å². The molecular formula is C17H26Cl2F2N2O2. The van der Waals surface area contributed by atoms with Crippen LogP contribution in [-0.2, 0) is 0 Å². The van der Waals surface area contributed by atoms with Crippen molar-refractivity contribution in [3.63, 3.8) is 0 Å². The molecule has 0 bridgehead atoms. The molecule has 2 aliphatic heterocycles. The van der Waals surface area contributed by atoms with Crippen LogP contribution in [-0.4, -0.2) is 37.4 Å². The van der Waals surface area contributed by atoms with Gasteiger partial charge in [0.2, 0.25) is 0 Å². The molecule has 1 N–H and O–H groups in total. The normalized spacial score (nSPS) is 19.6. The average Bonchev–Trinajstić information content (AvgIpc) is 2.85. The molecule has 1 fully saturated rings. The van der Waals surface area contributed by atoms with Gasteiger partial charge in [-0.15, -0.1) is 33.6 Å². The van der Waals surface area contributed by atoms with Gasteiger partial charge in [-0.05, 0) is 24.1 Å². The van der Waals surface area contributed by atoms with Crippen LogP contribution in [0.25, 0.3) is 0 Å². The van der Waals surface area contributed by atoms with Crippen molar-refractivity contribution in [1.29, 1.82) is 0 Å². The van der Waals surface area contributed by atoms with E-state index in [0.717, 1.165) is 44.6 Å². The molecule has 8 heteroatoms. The molecule has 0 aliphatic carbocycles. The van der Waals surface area contributed by atoms with E-state index in [1.165, 1.54) is 12.8 Å². The zero-order valence-electron chi connectivity index (χ0n) is 14.3. The van der Waals surface area contributed by atoms with Gasteiger partial charge >= 0.3 is 6.29 Å². The van der Waals surface area contributed by atoms with E-state index in [0.29, 0.717) is 0 Å². The first-order valence-corrected chi connectivity index (χ1v) is 8.43. The number of hydrogen-bond donors (Lipinski definition) is 1. The maximum Gasteiger partial charge on any atom is 0.586 e. The van der Waals surface area contributed by atoms with E-state index in [9.17, 15) is 8.78 Å². The van der Waals surface area contributed by atoms with E-state index < -0.39 is 6.29 Å². The van der Waals surface area contributed by atoms with E-state index in [2.05, 4.69) is 26.6 Å². The molecule has 25 heavy (non-hydrogen) atoms. The van der Waals surface area contributed by atoms with Crippen LogP contribution >= 0.6 is 24.8 Å². The largest absolute Gasteiger partial charge is 0.586 e. The minimum atomic E-state index is -3.55. The second kappa shape index (κ2) is 9.76. The summed E-state index contributed by atoms with van der Waals surface area (Å²) in [6.45, 7) is 6.06. The van der Waals surface area contributed by atoms with Gasteiger partial charge in [0.05, 0.1) is 0 Å². The zero-order chi connectivity index (χ0) is 16.3. The lowest BCUT2D eigenvalue weighted by Gasteiger charge is -2.35. The van der Waals surface area contributed by atoms with Gasteiger partial charge in [0, 0.05) is 32.2 Å². The number of benzene rings is 1. The molecule has 1 aromatic rings. The maximum absolute atomic E-state index is 13.2. The first-order chi connectivity index (χ1) is 11.1. The van der Waals surface area contributed by atoms with Crippen LogP contribution in [0.4, 0.5) is 8.78 Å². The summed E-state index contributed by atoms with van der Waals surface area (Å²) in [5.74, 6) is 0.259. The highest BCUT2D eigenvalue weighted by Crippen LogP contribution is 2.43. The number of ether oxygens (including phenoxy) is 2. The quantitative estimate of drug-likeness (QED) is 0.720. The average molecular weight is 399 g/mol. The summed E-state index contributed by atoms with van der Waals surface area (Å²) in [5.41, 5.74) is 1.03. The molecular weight excluding hydrogens is 373 g/mol. The molecule has 1 aromatic carbocycles. The number of fused-ring (bicyclic) bond motifs is 1. The minimum Gasteiger partial charge on any atom is -0.395 e. The molecule has 4 nitrogen and oxygen atoms in total. The fourth-order valence-corrected chi connectivity index (χ4v) is 3.31. The van der Waals surface area contributed by atoms with Crippen molar-refractivity contribution in [3.8, 4) is 11.5 Å². The molecule has 0 unspecified atom stereocenters. The fraction of sp³-hybridized carbons (Fsp3) is 0.647. The summed E-state index contributed by atoms with van der Waals surface area (Å²) in [7, 11) is 0. The van der Waals surface area contributed by atoms with E-state index in [4.69, 9.17) is 0 Å². The smallest absolute Gasteiger partial charge is 0.395 e. The second-order valence-electron chi connectivity index (χ2n) is 6.17. The third kappa shape index (κ3) is 5.58. The third-order valence-electron chi connectivity index (χ3n) is 4.48. The van der Waals surface area contributed by atoms with Gasteiger partial charge in [-0.25, -0.2) is 0 Å². The second-order valence-corrected chi connectivity index (χ2v) is 6.17. The molecule has 2 heterocycles. The number of nitrogens with one attached hydrogen (secondary N) is 1. The molecule has 0 aromatic heterocycles. The van der Waals surface area contributed by atoms with Gasteiger partial charge in [-0.2, -0.15) is 0 Å². The predicted molar refractivity (Wildman–Crippen MR) is 98.5 cm³/mol. The van der Waals surface area contributed by atoms with Crippen molar-refractivity contribution in [3.05, 3.63) is 23.8 Å². The molecule has 0 amide bonds. The molecule has 144 valence electrons. The summed E-state index contributed by atoms with van der Waals surface area (Å²) in [6, 6.07) is 5.45. The highest BCUT2D eigenvalue weighted by Gasteiger charge is 2.43. The molecule has 2 aliphatic rings. The monoisotopic (exact) mass is 398 g/mol. The number of alkyl halides is 2. The lowest BCUT2D eigenvalue weighted by Crippen LogP contribution is -2.45. The van der Waals surface area contributed by atoms with Gasteiger partial charge in [0.15, 0.2) is 11.5 Å². The molecule has 1 atom stereocenters. The van der Waals surface area contributed by atoms with Crippen LogP contribution < -0.4 is 14.8 Å². The summed E-state index contributed by atoms with van der Waals surface area (Å²) < 4.78 is 35.5. The van der Waals surface area contributed by atoms with E-state index >= 15 is 0 Å². The summed E-state index contributed by atoms with van der Waals surface area (Å²) in [5, 5.41) is 3.36. The maximum atomic E-state index is 13.2. The van der Waals surface area contributed by atoms with Crippen LogP contribution in [0.15, 0.2) is 18.2 Å². The lowest BCUT2D eigenvalue weighted by molar-refractivity contribution is -0.286. The van der Waals surface area contributed by atoms with Gasteiger partial charge in [0.25, 0.3) is 0 Å². The number of piperazine rings is 1. The summed E-state index contributed by atoms with van der Waals surface area (Å²) >= 11 is 0. The SMILES string of the molecule is CCCCC[C@H](c1ccc2c(c1)OC(F)(F)O2)N1CCNCC1.Cl.Cl. The lowest BCUT2D eigenvalue weighted by atomic mass is 9.97. The zero-order valence-corrected chi connectivity index (χ0v) is 15.9. The molecule has 0 radical (unpaired) electrons. The van der Waals surface area contributed by atoms with Crippen molar-refractivity contribution < 1.29 is 18.3 Å². The van der Waals surface area contributed by atoms with Crippen LogP contribution in [0.5, 0.6) is 11.5 Å². The van der Waals surface area contributed by atoms with Crippen LogP contribution in [0.1, 0.15) is 44.2 Å². The summed E-state index contributed by atoms with van der Waals surface area (Å²) in [4.78, 5) is 2.43. The van der Waals surface area contributed by atoms with Crippen molar-refractivity contribution in [1.82, 2.24) is 10.2 Å². The Morgan fingerprint density at radius 3 is 2.48 bits per heavy atom. The molecule has 1 saturated heterocycles. The fourth-order valence-electron chi connectivity index (χ4n) is 3.31.